The Bertz CT molecular complexity index is 703. The Morgan fingerprint density at radius 3 is 2.67 bits per heavy atom. The number of benzene rings is 1. The van der Waals surface area contributed by atoms with E-state index in [1.54, 1.807) is 11.3 Å². The number of aryl methyl sites for hydroxylation is 1. The molecule has 1 heterocycles. The Kier molecular flexibility index (Phi) is 7.23. The predicted molar refractivity (Wildman–Crippen MR) is 104 cm³/mol. The zero-order chi connectivity index (χ0) is 15.7. The summed E-state index contributed by atoms with van der Waals surface area (Å²) < 4.78 is 0. The van der Waals surface area contributed by atoms with Gasteiger partial charge in [0.25, 0.3) is 5.91 Å². The smallest absolute Gasteiger partial charge is 0.251 e. The molecule has 1 aromatic carbocycles. The summed E-state index contributed by atoms with van der Waals surface area (Å²) in [6, 6.07) is 7.62. The summed E-state index contributed by atoms with van der Waals surface area (Å²) in [7, 11) is 0. The third-order valence-electron chi connectivity index (χ3n) is 4.29. The van der Waals surface area contributed by atoms with Crippen molar-refractivity contribution in [2.75, 3.05) is 6.54 Å². The van der Waals surface area contributed by atoms with Crippen LogP contribution in [-0.2, 0) is 0 Å². The fourth-order valence-electron chi connectivity index (χ4n) is 2.65. The molecule has 0 aliphatic heterocycles. The van der Waals surface area contributed by atoms with Crippen LogP contribution < -0.4 is 11.1 Å². The number of carbonyl (C=O) groups is 1. The molecule has 4 nitrogen and oxygen atoms in total. The van der Waals surface area contributed by atoms with Gasteiger partial charge in [0.1, 0.15) is 5.01 Å². The maximum Gasteiger partial charge on any atom is 0.251 e. The highest BCUT2D eigenvalue weighted by atomic mass is 35.5. The minimum atomic E-state index is -0.301. The Morgan fingerprint density at radius 1 is 1.42 bits per heavy atom. The Labute approximate surface area is 159 Å². The number of aromatic nitrogens is 1. The molecule has 1 unspecified atom stereocenters. The number of amides is 1. The van der Waals surface area contributed by atoms with Gasteiger partial charge in [-0.25, -0.2) is 4.98 Å². The van der Waals surface area contributed by atoms with Gasteiger partial charge in [-0.3, -0.25) is 4.79 Å². The monoisotopic (exact) mass is 387 g/mol. The van der Waals surface area contributed by atoms with E-state index in [1.807, 2.05) is 43.5 Å². The molecule has 1 fully saturated rings. The molecule has 0 bridgehead atoms. The molecular formula is C17H23Cl2N3OS. The van der Waals surface area contributed by atoms with Crippen LogP contribution in [0.4, 0.5) is 0 Å². The number of rotatable bonds is 5. The van der Waals surface area contributed by atoms with Crippen molar-refractivity contribution in [3.63, 3.8) is 0 Å². The van der Waals surface area contributed by atoms with Crippen LogP contribution in [0.2, 0.25) is 0 Å². The molecule has 24 heavy (non-hydrogen) atoms. The maximum atomic E-state index is 12.6. The van der Waals surface area contributed by atoms with E-state index in [0.717, 1.165) is 29.1 Å². The first kappa shape index (κ1) is 20.9. The minimum Gasteiger partial charge on any atom is -0.345 e. The van der Waals surface area contributed by atoms with Crippen LogP contribution in [0.3, 0.4) is 0 Å². The van der Waals surface area contributed by atoms with Gasteiger partial charge in [0.15, 0.2) is 0 Å². The Hall–Kier alpha value is -1.14. The summed E-state index contributed by atoms with van der Waals surface area (Å²) in [5.74, 6) is 0.446. The van der Waals surface area contributed by atoms with Crippen molar-refractivity contribution in [1.29, 1.82) is 0 Å². The molecule has 1 aromatic heterocycles. The van der Waals surface area contributed by atoms with Crippen molar-refractivity contribution < 1.29 is 4.79 Å². The summed E-state index contributed by atoms with van der Waals surface area (Å²) in [6.07, 6.45) is 2.29. The van der Waals surface area contributed by atoms with Crippen LogP contribution in [0, 0.1) is 12.8 Å². The van der Waals surface area contributed by atoms with Gasteiger partial charge in [-0.1, -0.05) is 12.1 Å². The van der Waals surface area contributed by atoms with Crippen molar-refractivity contribution in [2.45, 2.75) is 32.2 Å². The van der Waals surface area contributed by atoms with E-state index in [4.69, 9.17) is 5.73 Å². The molecule has 3 N–H and O–H groups in total. The lowest BCUT2D eigenvalue weighted by Crippen LogP contribution is -2.53. The summed E-state index contributed by atoms with van der Waals surface area (Å²) >= 11 is 1.59. The molecule has 1 atom stereocenters. The van der Waals surface area contributed by atoms with E-state index < -0.39 is 0 Å². The highest BCUT2D eigenvalue weighted by Gasteiger charge is 2.41. The number of carbonyl (C=O) groups excluding carboxylic acids is 1. The molecule has 1 amide bonds. The first-order valence-electron chi connectivity index (χ1n) is 7.57. The fraction of sp³-hybridized carbons (Fsp3) is 0.412. The van der Waals surface area contributed by atoms with Gasteiger partial charge in [-0.15, -0.1) is 36.2 Å². The number of nitrogens with two attached hydrogens (primary N) is 1. The van der Waals surface area contributed by atoms with E-state index >= 15 is 0 Å². The zero-order valence-electron chi connectivity index (χ0n) is 13.7. The number of halogens is 2. The number of nitrogens with zero attached hydrogens (tertiary/aromatic N) is 1. The molecule has 2 aromatic rings. The second-order valence-corrected chi connectivity index (χ2v) is 7.08. The van der Waals surface area contributed by atoms with Gasteiger partial charge >= 0.3 is 0 Å². The van der Waals surface area contributed by atoms with Gasteiger partial charge in [-0.05, 0) is 44.7 Å². The number of hydrogen-bond donors (Lipinski definition) is 2. The van der Waals surface area contributed by atoms with Crippen molar-refractivity contribution in [3.05, 3.63) is 40.9 Å². The summed E-state index contributed by atoms with van der Waals surface area (Å²) in [5, 5.41) is 6.08. The van der Waals surface area contributed by atoms with E-state index in [9.17, 15) is 4.79 Å². The molecule has 3 rings (SSSR count). The molecular weight excluding hydrogens is 365 g/mol. The SMILES string of the molecule is Cc1csc(-c2cccc(C(=O)NC(C)(CN)C3CC3)c2)n1.Cl.Cl. The first-order valence-corrected chi connectivity index (χ1v) is 8.45. The molecule has 1 aliphatic carbocycles. The summed E-state index contributed by atoms with van der Waals surface area (Å²) in [6.45, 7) is 4.48. The average Bonchev–Trinajstić information content (AvgIpc) is 3.30. The third kappa shape index (κ3) is 4.48. The molecule has 1 saturated carbocycles. The van der Waals surface area contributed by atoms with Crippen LogP contribution in [0.1, 0.15) is 35.8 Å². The average molecular weight is 388 g/mol. The predicted octanol–water partition coefficient (Wildman–Crippen LogP) is 3.82. The first-order chi connectivity index (χ1) is 10.5. The van der Waals surface area contributed by atoms with Gasteiger partial charge in [0.05, 0.1) is 5.54 Å². The number of thiazole rings is 1. The second-order valence-electron chi connectivity index (χ2n) is 6.22. The molecule has 0 radical (unpaired) electrons. The second kappa shape index (κ2) is 8.30. The Morgan fingerprint density at radius 2 is 2.12 bits per heavy atom. The van der Waals surface area contributed by atoms with E-state index in [1.165, 1.54) is 0 Å². The summed E-state index contributed by atoms with van der Waals surface area (Å²) in [5.41, 5.74) is 8.21. The van der Waals surface area contributed by atoms with Crippen molar-refractivity contribution in [3.8, 4) is 10.6 Å². The van der Waals surface area contributed by atoms with E-state index in [0.29, 0.717) is 18.0 Å². The molecule has 1 aliphatic rings. The molecule has 0 spiro atoms. The van der Waals surface area contributed by atoms with Crippen molar-refractivity contribution >= 4 is 42.1 Å². The highest BCUT2D eigenvalue weighted by Crippen LogP contribution is 2.39. The van der Waals surface area contributed by atoms with Crippen LogP contribution in [0.25, 0.3) is 10.6 Å². The van der Waals surface area contributed by atoms with Crippen LogP contribution in [-0.4, -0.2) is 23.0 Å². The highest BCUT2D eigenvalue weighted by molar-refractivity contribution is 7.13. The van der Waals surface area contributed by atoms with Crippen LogP contribution in [0.15, 0.2) is 29.6 Å². The maximum absolute atomic E-state index is 12.6. The van der Waals surface area contributed by atoms with E-state index in [2.05, 4.69) is 10.3 Å². The van der Waals surface area contributed by atoms with Crippen molar-refractivity contribution in [2.24, 2.45) is 11.7 Å². The van der Waals surface area contributed by atoms with Crippen LogP contribution >= 0.6 is 36.2 Å². The third-order valence-corrected chi connectivity index (χ3v) is 5.30. The number of hydrogen-bond acceptors (Lipinski definition) is 4. The van der Waals surface area contributed by atoms with Gasteiger partial charge < -0.3 is 11.1 Å². The van der Waals surface area contributed by atoms with Gasteiger partial charge in [-0.2, -0.15) is 0 Å². The van der Waals surface area contributed by atoms with Gasteiger partial charge in [0, 0.05) is 28.7 Å². The lowest BCUT2D eigenvalue weighted by molar-refractivity contribution is 0.0898. The number of nitrogens with one attached hydrogen (secondary N) is 1. The van der Waals surface area contributed by atoms with Crippen molar-refractivity contribution in [1.82, 2.24) is 10.3 Å². The van der Waals surface area contributed by atoms with E-state index in [-0.39, 0.29) is 36.3 Å². The minimum absolute atomic E-state index is 0. The van der Waals surface area contributed by atoms with Gasteiger partial charge in [0.2, 0.25) is 0 Å². The van der Waals surface area contributed by atoms with Crippen LogP contribution in [0.5, 0.6) is 0 Å². The normalized spacial score (nSPS) is 15.6. The fourth-order valence-corrected chi connectivity index (χ4v) is 3.45. The molecule has 132 valence electrons. The lowest BCUT2D eigenvalue weighted by Gasteiger charge is -2.29. The lowest BCUT2D eigenvalue weighted by atomic mass is 9.95. The zero-order valence-corrected chi connectivity index (χ0v) is 16.2. The molecule has 0 saturated heterocycles. The standard InChI is InChI=1S/C17H21N3OS.2ClH/c1-11-9-22-16(19-11)13-5-3-4-12(8-13)15(21)20-17(2,10-18)14-6-7-14;;/h3-5,8-9,14H,6-7,10,18H2,1-2H3,(H,20,21);2*1H. The molecule has 7 heteroatoms. The topological polar surface area (TPSA) is 68.0 Å². The quantitative estimate of drug-likeness (QED) is 0.818. The Balaban J connectivity index is 0.00000144. The largest absolute Gasteiger partial charge is 0.345 e. The summed E-state index contributed by atoms with van der Waals surface area (Å²) in [4.78, 5) is 17.0.